The summed E-state index contributed by atoms with van der Waals surface area (Å²) >= 11 is 6.46. The molecular formula is C25H18ClN3O3. The first kappa shape index (κ1) is 20.2. The number of benzene rings is 1. The molecule has 1 unspecified atom stereocenters. The number of halogens is 1. The van der Waals surface area contributed by atoms with Gasteiger partial charge < -0.3 is 5.32 Å². The summed E-state index contributed by atoms with van der Waals surface area (Å²) < 4.78 is 0. The third-order valence-electron chi connectivity index (χ3n) is 5.91. The van der Waals surface area contributed by atoms with Crippen molar-refractivity contribution in [2.24, 2.45) is 5.41 Å². The average molecular weight is 444 g/mol. The first-order valence-electron chi connectivity index (χ1n) is 10.1. The molecule has 2 aliphatic carbocycles. The smallest absolute Gasteiger partial charge is 0.274 e. The van der Waals surface area contributed by atoms with E-state index in [0.29, 0.717) is 16.8 Å². The van der Waals surface area contributed by atoms with Gasteiger partial charge in [0.05, 0.1) is 21.9 Å². The fourth-order valence-corrected chi connectivity index (χ4v) is 4.48. The second-order valence-corrected chi connectivity index (χ2v) is 8.44. The number of anilines is 2. The Bertz CT molecular complexity index is 1310. The standard InChI is InChI=1S/C25H18ClN3O3/c1-25-11-4-2-6-17(25)21-16(10-12-25)23(31)29(24(21)32)20-9-8-15(14-18(20)26)28-22(30)19-7-3-5-13-27-19/h2-10,12-14H,11H2,1H3,(H,28,30). The van der Waals surface area contributed by atoms with Gasteiger partial charge in [-0.2, -0.15) is 0 Å². The van der Waals surface area contributed by atoms with Crippen LogP contribution in [0.1, 0.15) is 23.8 Å². The molecule has 32 heavy (non-hydrogen) atoms. The predicted octanol–water partition coefficient (Wildman–Crippen LogP) is 4.62. The van der Waals surface area contributed by atoms with Crippen LogP contribution in [-0.2, 0) is 9.59 Å². The van der Waals surface area contributed by atoms with E-state index in [9.17, 15) is 14.4 Å². The molecule has 3 amide bonds. The first-order chi connectivity index (χ1) is 15.4. The van der Waals surface area contributed by atoms with E-state index in [1.54, 1.807) is 36.4 Å². The van der Waals surface area contributed by atoms with Crippen LogP contribution in [0, 0.1) is 5.41 Å². The molecule has 0 saturated heterocycles. The maximum atomic E-state index is 13.4. The number of nitrogens with zero attached hydrogens (tertiary/aromatic N) is 2. The van der Waals surface area contributed by atoms with Gasteiger partial charge in [-0.1, -0.05) is 55.0 Å². The van der Waals surface area contributed by atoms with E-state index in [1.807, 2.05) is 24.3 Å². The van der Waals surface area contributed by atoms with E-state index >= 15 is 0 Å². The van der Waals surface area contributed by atoms with Gasteiger partial charge in [0.25, 0.3) is 17.7 Å². The number of aromatic nitrogens is 1. The second-order valence-electron chi connectivity index (χ2n) is 8.03. The van der Waals surface area contributed by atoms with Gasteiger partial charge in [-0.3, -0.25) is 19.4 Å². The lowest BCUT2D eigenvalue weighted by molar-refractivity contribution is -0.120. The lowest BCUT2D eigenvalue weighted by Gasteiger charge is -2.33. The minimum absolute atomic E-state index is 0.176. The molecule has 158 valence electrons. The number of fused-ring (bicyclic) bond motifs is 2. The van der Waals surface area contributed by atoms with Crippen molar-refractivity contribution in [3.05, 3.63) is 100 Å². The number of amides is 3. The van der Waals surface area contributed by atoms with Crippen molar-refractivity contribution in [2.45, 2.75) is 13.3 Å². The summed E-state index contributed by atoms with van der Waals surface area (Å²) in [4.78, 5) is 44.0. The van der Waals surface area contributed by atoms with Crippen LogP contribution in [0.2, 0.25) is 5.02 Å². The summed E-state index contributed by atoms with van der Waals surface area (Å²) in [6.07, 6.45) is 11.9. The first-order valence-corrected chi connectivity index (χ1v) is 10.5. The van der Waals surface area contributed by atoms with E-state index in [-0.39, 0.29) is 27.7 Å². The van der Waals surface area contributed by atoms with Crippen LogP contribution in [0.25, 0.3) is 0 Å². The van der Waals surface area contributed by atoms with E-state index < -0.39 is 11.8 Å². The Morgan fingerprint density at radius 2 is 2.03 bits per heavy atom. The fourth-order valence-electron chi connectivity index (χ4n) is 4.21. The highest BCUT2D eigenvalue weighted by Gasteiger charge is 2.46. The van der Waals surface area contributed by atoms with Crippen molar-refractivity contribution < 1.29 is 14.4 Å². The summed E-state index contributed by atoms with van der Waals surface area (Å²) in [5, 5.41) is 2.89. The zero-order chi connectivity index (χ0) is 22.5. The Kier molecular flexibility index (Phi) is 4.68. The number of rotatable bonds is 3. The molecule has 7 heteroatoms. The fraction of sp³-hybridized carbons (Fsp3) is 0.120. The number of imide groups is 1. The molecule has 2 aromatic rings. The van der Waals surface area contributed by atoms with Gasteiger partial charge in [-0.15, -0.1) is 0 Å². The van der Waals surface area contributed by atoms with Crippen molar-refractivity contribution in [2.75, 3.05) is 10.2 Å². The quantitative estimate of drug-likeness (QED) is 0.702. The number of hydrogen-bond donors (Lipinski definition) is 1. The second kappa shape index (κ2) is 7.43. The number of nitrogens with one attached hydrogen (secondary N) is 1. The van der Waals surface area contributed by atoms with Crippen LogP contribution in [0.15, 0.2) is 89.7 Å². The van der Waals surface area contributed by atoms with Gasteiger partial charge in [0, 0.05) is 17.3 Å². The van der Waals surface area contributed by atoms with Crippen LogP contribution in [0.3, 0.4) is 0 Å². The molecule has 6 nitrogen and oxygen atoms in total. The molecule has 0 fully saturated rings. The average Bonchev–Trinajstić information content (AvgIpc) is 3.04. The molecule has 1 atom stereocenters. The normalized spacial score (nSPS) is 21.4. The van der Waals surface area contributed by atoms with E-state index in [2.05, 4.69) is 17.2 Å². The van der Waals surface area contributed by atoms with Crippen molar-refractivity contribution in [1.29, 1.82) is 0 Å². The van der Waals surface area contributed by atoms with Crippen molar-refractivity contribution in [1.82, 2.24) is 4.98 Å². The van der Waals surface area contributed by atoms with Crippen LogP contribution in [0.5, 0.6) is 0 Å². The molecule has 1 N–H and O–H groups in total. The van der Waals surface area contributed by atoms with Crippen LogP contribution >= 0.6 is 11.6 Å². The van der Waals surface area contributed by atoms with Crippen molar-refractivity contribution in [3.8, 4) is 0 Å². The molecule has 2 heterocycles. The largest absolute Gasteiger partial charge is 0.321 e. The third-order valence-corrected chi connectivity index (χ3v) is 6.21. The predicted molar refractivity (Wildman–Crippen MR) is 122 cm³/mol. The molecule has 0 saturated carbocycles. The highest BCUT2D eigenvalue weighted by Crippen LogP contribution is 2.48. The zero-order valence-corrected chi connectivity index (χ0v) is 17.9. The number of pyridine rings is 1. The maximum absolute atomic E-state index is 13.4. The Morgan fingerprint density at radius 3 is 2.78 bits per heavy atom. The number of hydrogen-bond acceptors (Lipinski definition) is 4. The van der Waals surface area contributed by atoms with Crippen molar-refractivity contribution >= 4 is 40.7 Å². The number of carbonyl (C=O) groups excluding carboxylic acids is 3. The highest BCUT2D eigenvalue weighted by atomic mass is 35.5. The van der Waals surface area contributed by atoms with Crippen LogP contribution in [0.4, 0.5) is 11.4 Å². The topological polar surface area (TPSA) is 79.4 Å². The molecule has 0 spiro atoms. The third kappa shape index (κ3) is 3.11. The molecule has 1 aliphatic heterocycles. The molecular weight excluding hydrogens is 426 g/mol. The van der Waals surface area contributed by atoms with E-state index in [1.165, 1.54) is 12.3 Å². The van der Waals surface area contributed by atoms with Gasteiger partial charge in [0.2, 0.25) is 0 Å². The minimum Gasteiger partial charge on any atom is -0.321 e. The van der Waals surface area contributed by atoms with E-state index in [4.69, 9.17) is 11.6 Å². The minimum atomic E-state index is -0.411. The highest BCUT2D eigenvalue weighted by molar-refractivity contribution is 6.40. The molecule has 0 radical (unpaired) electrons. The molecule has 3 aliphatic rings. The van der Waals surface area contributed by atoms with Crippen molar-refractivity contribution in [3.63, 3.8) is 0 Å². The SMILES string of the molecule is CC12C=CC3=C(C(=O)N(c4ccc(NC(=O)c5ccccn5)cc4Cl)C3=O)C1=CC=CC2. The molecule has 1 aromatic heterocycles. The molecule has 0 bridgehead atoms. The van der Waals surface area contributed by atoms with Gasteiger partial charge >= 0.3 is 0 Å². The summed E-state index contributed by atoms with van der Waals surface area (Å²) in [5.74, 6) is -1.19. The Balaban J connectivity index is 1.44. The van der Waals surface area contributed by atoms with Gasteiger partial charge in [0.1, 0.15) is 5.69 Å². The monoisotopic (exact) mass is 443 g/mol. The Hall–Kier alpha value is -3.77. The number of carbonyl (C=O) groups is 3. The van der Waals surface area contributed by atoms with Gasteiger partial charge in [-0.05, 0) is 42.3 Å². The van der Waals surface area contributed by atoms with Gasteiger partial charge in [-0.25, -0.2) is 4.90 Å². The summed E-state index contributed by atoms with van der Waals surface area (Å²) in [5.41, 5.74) is 2.29. The van der Waals surface area contributed by atoms with Gasteiger partial charge in [0.15, 0.2) is 0 Å². The van der Waals surface area contributed by atoms with E-state index in [0.717, 1.165) is 16.9 Å². The summed E-state index contributed by atoms with van der Waals surface area (Å²) in [6.45, 7) is 2.05. The lowest BCUT2D eigenvalue weighted by atomic mass is 9.70. The molecule has 5 rings (SSSR count). The number of allylic oxidation sites excluding steroid dienone is 4. The maximum Gasteiger partial charge on any atom is 0.274 e. The summed E-state index contributed by atoms with van der Waals surface area (Å²) in [6, 6.07) is 9.70. The zero-order valence-electron chi connectivity index (χ0n) is 17.1. The lowest BCUT2D eigenvalue weighted by Crippen LogP contribution is -2.32. The Labute approximate surface area is 189 Å². The molecule has 1 aromatic carbocycles. The van der Waals surface area contributed by atoms with Crippen LogP contribution in [-0.4, -0.2) is 22.7 Å². The Morgan fingerprint density at radius 1 is 1.19 bits per heavy atom. The van der Waals surface area contributed by atoms with Crippen LogP contribution < -0.4 is 10.2 Å². The summed E-state index contributed by atoms with van der Waals surface area (Å²) in [7, 11) is 0.